The van der Waals surface area contributed by atoms with E-state index < -0.39 is 0 Å². The maximum atomic E-state index is 13.0. The van der Waals surface area contributed by atoms with E-state index in [1.54, 1.807) is 12.1 Å². The minimum absolute atomic E-state index is 0.163. The first-order valence-electron chi connectivity index (χ1n) is 7.87. The summed E-state index contributed by atoms with van der Waals surface area (Å²) in [6.07, 6.45) is 1.20. The summed E-state index contributed by atoms with van der Waals surface area (Å²) in [4.78, 5) is 17.3. The van der Waals surface area contributed by atoms with Gasteiger partial charge in [0.25, 0.3) is 0 Å². The van der Waals surface area contributed by atoms with Gasteiger partial charge in [0.15, 0.2) is 0 Å². The summed E-state index contributed by atoms with van der Waals surface area (Å²) in [5.74, 6) is 0.891. The largest absolute Gasteiger partial charge is 0.354 e. The van der Waals surface area contributed by atoms with Crippen molar-refractivity contribution < 1.29 is 4.39 Å². The van der Waals surface area contributed by atoms with Gasteiger partial charge in [0.2, 0.25) is 5.95 Å². The molecule has 0 radical (unpaired) electrons. The van der Waals surface area contributed by atoms with Gasteiger partial charge in [-0.3, -0.25) is 4.98 Å². The summed E-state index contributed by atoms with van der Waals surface area (Å²) in [7, 11) is 2.11. The molecule has 3 heterocycles. The number of rotatable bonds is 4. The fourth-order valence-corrected chi connectivity index (χ4v) is 2.76. The molecule has 128 valence electrons. The molecular formula is C16H20ClFN6. The first kappa shape index (κ1) is 16.9. The van der Waals surface area contributed by atoms with Crippen molar-refractivity contribution in [3.8, 4) is 0 Å². The Morgan fingerprint density at radius 3 is 2.62 bits per heavy atom. The summed E-state index contributed by atoms with van der Waals surface area (Å²) in [6, 6.07) is 4.64. The Kier molecular flexibility index (Phi) is 5.11. The second-order valence-electron chi connectivity index (χ2n) is 5.93. The number of aromatic nitrogens is 3. The van der Waals surface area contributed by atoms with Crippen molar-refractivity contribution in [2.45, 2.75) is 13.0 Å². The standard InChI is InChI=1S/C16H20ClFN6/c1-11(13-4-3-12(18)10-19-13)20-16-21-14(17)9-15(22-16)24-7-5-23(2)6-8-24/h3-4,9-11H,5-8H2,1-2H3,(H,20,21,22). The lowest BCUT2D eigenvalue weighted by Crippen LogP contribution is -2.44. The molecule has 0 amide bonds. The van der Waals surface area contributed by atoms with Crippen molar-refractivity contribution in [1.82, 2.24) is 19.9 Å². The third-order valence-corrected chi connectivity index (χ3v) is 4.24. The Hall–Kier alpha value is -1.99. The topological polar surface area (TPSA) is 57.2 Å². The van der Waals surface area contributed by atoms with E-state index in [1.165, 1.54) is 12.3 Å². The van der Waals surface area contributed by atoms with E-state index in [9.17, 15) is 4.39 Å². The van der Waals surface area contributed by atoms with Crippen LogP contribution in [0.2, 0.25) is 5.15 Å². The van der Waals surface area contributed by atoms with E-state index in [4.69, 9.17) is 11.6 Å². The second kappa shape index (κ2) is 7.27. The number of piperazine rings is 1. The lowest BCUT2D eigenvalue weighted by atomic mass is 10.2. The summed E-state index contributed by atoms with van der Waals surface area (Å²) in [5.41, 5.74) is 0.709. The van der Waals surface area contributed by atoms with Crippen LogP contribution < -0.4 is 10.2 Å². The first-order chi connectivity index (χ1) is 11.5. The molecule has 0 spiro atoms. The smallest absolute Gasteiger partial charge is 0.226 e. The van der Waals surface area contributed by atoms with Crippen molar-refractivity contribution in [3.63, 3.8) is 0 Å². The molecule has 1 fully saturated rings. The van der Waals surface area contributed by atoms with Gasteiger partial charge in [0, 0.05) is 32.2 Å². The molecule has 0 bridgehead atoms. The molecular weight excluding hydrogens is 331 g/mol. The predicted molar refractivity (Wildman–Crippen MR) is 93.0 cm³/mol. The monoisotopic (exact) mass is 350 g/mol. The van der Waals surface area contributed by atoms with Gasteiger partial charge in [-0.25, -0.2) is 9.37 Å². The zero-order valence-electron chi connectivity index (χ0n) is 13.7. The molecule has 0 aromatic carbocycles. The van der Waals surface area contributed by atoms with Crippen LogP contribution in [0.3, 0.4) is 0 Å². The van der Waals surface area contributed by atoms with Crippen LogP contribution in [0.5, 0.6) is 0 Å². The number of likely N-dealkylation sites (N-methyl/N-ethyl adjacent to an activating group) is 1. The number of hydrogen-bond donors (Lipinski definition) is 1. The third kappa shape index (κ3) is 4.10. The fraction of sp³-hybridized carbons (Fsp3) is 0.438. The quantitative estimate of drug-likeness (QED) is 0.855. The van der Waals surface area contributed by atoms with Gasteiger partial charge in [-0.1, -0.05) is 11.6 Å². The van der Waals surface area contributed by atoms with E-state index in [0.717, 1.165) is 32.0 Å². The fourth-order valence-electron chi connectivity index (χ4n) is 2.58. The van der Waals surface area contributed by atoms with Gasteiger partial charge < -0.3 is 15.1 Å². The van der Waals surface area contributed by atoms with E-state index >= 15 is 0 Å². The molecule has 1 N–H and O–H groups in total. The van der Waals surface area contributed by atoms with Crippen LogP contribution in [0.1, 0.15) is 18.7 Å². The molecule has 1 atom stereocenters. The summed E-state index contributed by atoms with van der Waals surface area (Å²) < 4.78 is 13.0. The molecule has 6 nitrogen and oxygen atoms in total. The van der Waals surface area contributed by atoms with Crippen LogP contribution >= 0.6 is 11.6 Å². The summed E-state index contributed by atoms with van der Waals surface area (Å²) >= 11 is 6.15. The van der Waals surface area contributed by atoms with Crippen molar-refractivity contribution in [1.29, 1.82) is 0 Å². The predicted octanol–water partition coefficient (Wildman–Crippen LogP) is 2.59. The van der Waals surface area contributed by atoms with E-state index in [2.05, 4.69) is 37.1 Å². The molecule has 2 aromatic rings. The first-order valence-corrected chi connectivity index (χ1v) is 8.25. The number of anilines is 2. The Balaban J connectivity index is 1.74. The SMILES string of the molecule is CC(Nc1nc(Cl)cc(N2CCN(C)CC2)n1)c1ccc(F)cn1. The normalized spacial score (nSPS) is 16.9. The zero-order valence-corrected chi connectivity index (χ0v) is 14.5. The maximum Gasteiger partial charge on any atom is 0.226 e. The highest BCUT2D eigenvalue weighted by molar-refractivity contribution is 6.29. The van der Waals surface area contributed by atoms with E-state index in [-0.39, 0.29) is 11.9 Å². The molecule has 24 heavy (non-hydrogen) atoms. The lowest BCUT2D eigenvalue weighted by molar-refractivity contribution is 0.312. The molecule has 0 aliphatic carbocycles. The third-order valence-electron chi connectivity index (χ3n) is 4.05. The molecule has 1 aliphatic rings. The highest BCUT2D eigenvalue weighted by Crippen LogP contribution is 2.22. The van der Waals surface area contributed by atoms with Crippen molar-refractivity contribution in [3.05, 3.63) is 41.1 Å². The average molecular weight is 351 g/mol. The van der Waals surface area contributed by atoms with Gasteiger partial charge >= 0.3 is 0 Å². The number of pyridine rings is 1. The van der Waals surface area contributed by atoms with Crippen LogP contribution in [0.4, 0.5) is 16.2 Å². The summed E-state index contributed by atoms with van der Waals surface area (Å²) in [5, 5.41) is 3.57. The highest BCUT2D eigenvalue weighted by Gasteiger charge is 2.17. The van der Waals surface area contributed by atoms with Crippen LogP contribution in [-0.2, 0) is 0 Å². The van der Waals surface area contributed by atoms with Crippen LogP contribution in [0.25, 0.3) is 0 Å². The highest BCUT2D eigenvalue weighted by atomic mass is 35.5. The van der Waals surface area contributed by atoms with Gasteiger partial charge in [-0.15, -0.1) is 0 Å². The van der Waals surface area contributed by atoms with Crippen LogP contribution in [-0.4, -0.2) is 53.1 Å². The number of nitrogens with zero attached hydrogens (tertiary/aromatic N) is 5. The van der Waals surface area contributed by atoms with Gasteiger partial charge in [0.1, 0.15) is 16.8 Å². The molecule has 2 aromatic heterocycles. The summed E-state index contributed by atoms with van der Waals surface area (Å²) in [6.45, 7) is 5.69. The Morgan fingerprint density at radius 2 is 1.96 bits per heavy atom. The van der Waals surface area contributed by atoms with Crippen LogP contribution in [0.15, 0.2) is 24.4 Å². The molecule has 3 rings (SSSR count). The lowest BCUT2D eigenvalue weighted by Gasteiger charge is -2.33. The minimum Gasteiger partial charge on any atom is -0.354 e. The number of halogens is 2. The zero-order chi connectivity index (χ0) is 17.1. The molecule has 0 saturated carbocycles. The van der Waals surface area contributed by atoms with Crippen molar-refractivity contribution in [2.24, 2.45) is 0 Å². The number of hydrogen-bond acceptors (Lipinski definition) is 6. The second-order valence-corrected chi connectivity index (χ2v) is 6.32. The van der Waals surface area contributed by atoms with Crippen LogP contribution in [0, 0.1) is 5.82 Å². The maximum absolute atomic E-state index is 13.0. The molecule has 1 aliphatic heterocycles. The molecule has 1 unspecified atom stereocenters. The Bertz CT molecular complexity index is 687. The average Bonchev–Trinajstić information content (AvgIpc) is 2.55. The van der Waals surface area contributed by atoms with E-state index in [0.29, 0.717) is 16.8 Å². The van der Waals surface area contributed by atoms with Gasteiger partial charge in [-0.05, 0) is 26.1 Å². The van der Waals surface area contributed by atoms with Crippen molar-refractivity contribution >= 4 is 23.4 Å². The van der Waals surface area contributed by atoms with Gasteiger partial charge in [-0.2, -0.15) is 4.98 Å². The Morgan fingerprint density at radius 1 is 1.21 bits per heavy atom. The Labute approximate surface area is 145 Å². The number of nitrogens with one attached hydrogen (secondary N) is 1. The molecule has 1 saturated heterocycles. The minimum atomic E-state index is -0.359. The van der Waals surface area contributed by atoms with E-state index in [1.807, 2.05) is 6.92 Å². The van der Waals surface area contributed by atoms with Gasteiger partial charge in [0.05, 0.1) is 17.9 Å². The van der Waals surface area contributed by atoms with Crippen molar-refractivity contribution in [2.75, 3.05) is 43.4 Å². The molecule has 8 heteroatoms.